The van der Waals surface area contributed by atoms with Gasteiger partial charge >= 0.3 is 0 Å². The third-order valence-corrected chi connectivity index (χ3v) is 1.74. The Balaban J connectivity index is 3.00. The Labute approximate surface area is 81.5 Å². The van der Waals surface area contributed by atoms with Crippen LogP contribution in [0, 0.1) is 6.92 Å². The van der Waals surface area contributed by atoms with Crippen molar-refractivity contribution < 1.29 is 15.2 Å². The molecular formula is C9H12N2O3. The van der Waals surface area contributed by atoms with Crippen LogP contribution >= 0.6 is 0 Å². The Morgan fingerprint density at radius 1 is 1.43 bits per heavy atom. The SMILES string of the molecule is CC(=O)Nc1ccc(C)c(N(O)O)c1. The van der Waals surface area contributed by atoms with Crippen molar-refractivity contribution in [1.82, 2.24) is 0 Å². The van der Waals surface area contributed by atoms with Crippen molar-refractivity contribution in [3.8, 4) is 0 Å². The molecule has 14 heavy (non-hydrogen) atoms. The molecule has 0 saturated carbocycles. The monoisotopic (exact) mass is 196 g/mol. The lowest BCUT2D eigenvalue weighted by molar-refractivity contribution is -0.114. The van der Waals surface area contributed by atoms with E-state index in [1.54, 1.807) is 19.1 Å². The Morgan fingerprint density at radius 2 is 2.07 bits per heavy atom. The van der Waals surface area contributed by atoms with Gasteiger partial charge in [0.2, 0.25) is 5.91 Å². The molecule has 0 aliphatic carbocycles. The molecule has 76 valence electrons. The molecular weight excluding hydrogens is 184 g/mol. The van der Waals surface area contributed by atoms with Gasteiger partial charge in [-0.3, -0.25) is 15.2 Å². The van der Waals surface area contributed by atoms with Crippen LogP contribution in [-0.4, -0.2) is 16.3 Å². The first-order chi connectivity index (χ1) is 6.50. The van der Waals surface area contributed by atoms with Gasteiger partial charge in [0.1, 0.15) is 0 Å². The van der Waals surface area contributed by atoms with Crippen LogP contribution in [0.5, 0.6) is 0 Å². The van der Waals surface area contributed by atoms with E-state index in [1.165, 1.54) is 13.0 Å². The lowest BCUT2D eigenvalue weighted by Crippen LogP contribution is -2.13. The van der Waals surface area contributed by atoms with Gasteiger partial charge in [-0.15, -0.1) is 5.23 Å². The van der Waals surface area contributed by atoms with Crippen molar-refractivity contribution >= 4 is 17.3 Å². The van der Waals surface area contributed by atoms with E-state index in [4.69, 9.17) is 10.4 Å². The molecule has 1 amide bonds. The zero-order valence-corrected chi connectivity index (χ0v) is 7.98. The molecule has 0 aliphatic heterocycles. The fraction of sp³-hybridized carbons (Fsp3) is 0.222. The molecule has 0 fully saturated rings. The number of hydrogen-bond donors (Lipinski definition) is 3. The predicted molar refractivity (Wildman–Crippen MR) is 51.5 cm³/mol. The number of hydrogen-bond acceptors (Lipinski definition) is 4. The fourth-order valence-electron chi connectivity index (χ4n) is 1.11. The summed E-state index contributed by atoms with van der Waals surface area (Å²) in [6.07, 6.45) is 0. The van der Waals surface area contributed by atoms with E-state index < -0.39 is 0 Å². The molecule has 5 nitrogen and oxygen atoms in total. The van der Waals surface area contributed by atoms with Crippen molar-refractivity contribution in [2.45, 2.75) is 13.8 Å². The first-order valence-corrected chi connectivity index (χ1v) is 4.07. The summed E-state index contributed by atoms with van der Waals surface area (Å²) in [6.45, 7) is 3.11. The van der Waals surface area contributed by atoms with E-state index >= 15 is 0 Å². The minimum absolute atomic E-state index is 0.0284. The number of nitrogens with zero attached hydrogens (tertiary/aromatic N) is 1. The van der Waals surface area contributed by atoms with E-state index in [1.807, 2.05) is 0 Å². The summed E-state index contributed by atoms with van der Waals surface area (Å²) in [5, 5.41) is 20.2. The molecule has 0 spiro atoms. The number of carbonyl (C=O) groups is 1. The lowest BCUT2D eigenvalue weighted by atomic mass is 10.2. The Morgan fingerprint density at radius 3 is 2.57 bits per heavy atom. The van der Waals surface area contributed by atoms with Gasteiger partial charge in [-0.2, -0.15) is 0 Å². The number of anilines is 2. The van der Waals surface area contributed by atoms with Gasteiger partial charge in [0.05, 0.1) is 5.69 Å². The zero-order chi connectivity index (χ0) is 10.7. The molecule has 5 heteroatoms. The molecule has 0 heterocycles. The second kappa shape index (κ2) is 4.08. The van der Waals surface area contributed by atoms with Gasteiger partial charge in [0.15, 0.2) is 0 Å². The molecule has 0 saturated heterocycles. The third kappa shape index (κ3) is 2.45. The molecule has 1 aromatic rings. The molecule has 0 bridgehead atoms. The van der Waals surface area contributed by atoms with Crippen molar-refractivity contribution in [3.63, 3.8) is 0 Å². The van der Waals surface area contributed by atoms with Crippen LogP contribution in [0.25, 0.3) is 0 Å². The summed E-state index contributed by atoms with van der Waals surface area (Å²) in [7, 11) is 0. The average molecular weight is 196 g/mol. The molecule has 0 unspecified atom stereocenters. The van der Waals surface area contributed by atoms with Gasteiger partial charge in [-0.1, -0.05) is 6.07 Å². The summed E-state index contributed by atoms with van der Waals surface area (Å²) < 4.78 is 0. The highest BCUT2D eigenvalue weighted by Crippen LogP contribution is 2.21. The third-order valence-electron chi connectivity index (χ3n) is 1.74. The maximum absolute atomic E-state index is 10.7. The predicted octanol–water partition coefficient (Wildman–Crippen LogP) is 1.54. The summed E-state index contributed by atoms with van der Waals surface area (Å²) in [6, 6.07) is 4.83. The minimum Gasteiger partial charge on any atom is -0.326 e. The van der Waals surface area contributed by atoms with Crippen molar-refractivity contribution in [2.24, 2.45) is 0 Å². The van der Waals surface area contributed by atoms with Gasteiger partial charge in [-0.25, -0.2) is 0 Å². The number of benzene rings is 1. The molecule has 0 radical (unpaired) electrons. The standard InChI is InChI=1S/C9H12N2O3/c1-6-3-4-8(10-7(2)12)5-9(6)11(13)14/h3-5,13-14H,1-2H3,(H,10,12). The first-order valence-electron chi connectivity index (χ1n) is 4.07. The van der Waals surface area contributed by atoms with Crippen LogP contribution in [0.4, 0.5) is 11.4 Å². The summed E-state index contributed by atoms with van der Waals surface area (Å²) >= 11 is 0. The van der Waals surface area contributed by atoms with E-state index in [-0.39, 0.29) is 16.8 Å². The molecule has 0 aromatic heterocycles. The number of rotatable bonds is 2. The van der Waals surface area contributed by atoms with E-state index in [0.717, 1.165) is 0 Å². The van der Waals surface area contributed by atoms with Crippen LogP contribution < -0.4 is 10.5 Å². The van der Waals surface area contributed by atoms with E-state index in [9.17, 15) is 4.79 Å². The van der Waals surface area contributed by atoms with Crippen LogP contribution in [0.3, 0.4) is 0 Å². The fourth-order valence-corrected chi connectivity index (χ4v) is 1.11. The smallest absolute Gasteiger partial charge is 0.221 e. The second-order valence-electron chi connectivity index (χ2n) is 2.97. The Bertz CT molecular complexity index is 350. The Kier molecular flexibility index (Phi) is 3.06. The maximum atomic E-state index is 10.7. The highest BCUT2D eigenvalue weighted by atomic mass is 16.8. The highest BCUT2D eigenvalue weighted by Gasteiger charge is 2.05. The largest absolute Gasteiger partial charge is 0.326 e. The van der Waals surface area contributed by atoms with Crippen molar-refractivity contribution in [2.75, 3.05) is 10.5 Å². The number of amides is 1. The quantitative estimate of drug-likeness (QED) is 0.627. The van der Waals surface area contributed by atoms with Crippen LogP contribution in [0.2, 0.25) is 0 Å². The second-order valence-corrected chi connectivity index (χ2v) is 2.97. The molecule has 0 atom stereocenters. The van der Waals surface area contributed by atoms with Gasteiger partial charge in [0.25, 0.3) is 0 Å². The number of nitrogens with one attached hydrogen (secondary N) is 1. The van der Waals surface area contributed by atoms with Gasteiger partial charge < -0.3 is 5.32 Å². The highest BCUT2D eigenvalue weighted by molar-refractivity contribution is 5.89. The van der Waals surface area contributed by atoms with Crippen molar-refractivity contribution in [3.05, 3.63) is 23.8 Å². The lowest BCUT2D eigenvalue weighted by Gasteiger charge is -2.12. The number of carbonyl (C=O) groups excluding carboxylic acids is 1. The van der Waals surface area contributed by atoms with Crippen LogP contribution in [0.1, 0.15) is 12.5 Å². The summed E-state index contributed by atoms with van der Waals surface area (Å²) in [4.78, 5) is 10.7. The van der Waals surface area contributed by atoms with Crippen LogP contribution in [-0.2, 0) is 4.79 Å². The zero-order valence-electron chi connectivity index (χ0n) is 7.98. The number of aryl methyl sites for hydroxylation is 1. The van der Waals surface area contributed by atoms with Crippen LogP contribution in [0.15, 0.2) is 18.2 Å². The van der Waals surface area contributed by atoms with Gasteiger partial charge in [0, 0.05) is 12.6 Å². The van der Waals surface area contributed by atoms with Gasteiger partial charge in [-0.05, 0) is 24.6 Å². The first kappa shape index (κ1) is 10.5. The minimum atomic E-state index is -0.206. The van der Waals surface area contributed by atoms with Crippen molar-refractivity contribution in [1.29, 1.82) is 0 Å². The molecule has 3 N–H and O–H groups in total. The molecule has 1 rings (SSSR count). The maximum Gasteiger partial charge on any atom is 0.221 e. The summed E-state index contributed by atoms with van der Waals surface area (Å²) in [5.41, 5.74) is 1.45. The van der Waals surface area contributed by atoms with E-state index in [2.05, 4.69) is 5.32 Å². The molecule has 1 aromatic carbocycles. The molecule has 0 aliphatic rings. The average Bonchev–Trinajstić information content (AvgIpc) is 2.07. The topological polar surface area (TPSA) is 72.8 Å². The Hall–Kier alpha value is -1.59. The summed E-state index contributed by atoms with van der Waals surface area (Å²) in [5.74, 6) is -0.206. The van der Waals surface area contributed by atoms with E-state index in [0.29, 0.717) is 11.3 Å². The normalized spacial score (nSPS) is 9.71.